The van der Waals surface area contributed by atoms with Crippen LogP contribution in [0.5, 0.6) is 0 Å². The van der Waals surface area contributed by atoms with Gasteiger partial charge in [0.15, 0.2) is 0 Å². The van der Waals surface area contributed by atoms with Crippen LogP contribution in [0.2, 0.25) is 0 Å². The highest BCUT2D eigenvalue weighted by Gasteiger charge is 2.20. The van der Waals surface area contributed by atoms with Crippen molar-refractivity contribution in [2.45, 2.75) is 18.9 Å². The van der Waals surface area contributed by atoms with E-state index in [9.17, 15) is 14.0 Å². The van der Waals surface area contributed by atoms with Crippen LogP contribution in [-0.4, -0.2) is 36.2 Å². The molecule has 0 aliphatic carbocycles. The van der Waals surface area contributed by atoms with Crippen molar-refractivity contribution in [1.82, 2.24) is 5.32 Å². The number of carbonyl (C=O) groups excluding carboxylic acids is 1. The van der Waals surface area contributed by atoms with Crippen molar-refractivity contribution in [3.05, 3.63) is 35.1 Å². The molecule has 0 saturated carbocycles. The third-order valence-electron chi connectivity index (χ3n) is 2.96. The summed E-state index contributed by atoms with van der Waals surface area (Å²) < 4.78 is 18.9. The van der Waals surface area contributed by atoms with Crippen LogP contribution < -0.4 is 5.32 Å². The third-order valence-corrected chi connectivity index (χ3v) is 2.96. The molecule has 0 aromatic heterocycles. The maximum absolute atomic E-state index is 13.7. The highest BCUT2D eigenvalue weighted by atomic mass is 19.1. The zero-order chi connectivity index (χ0) is 13.8. The molecule has 1 amide bonds. The van der Waals surface area contributed by atoms with Crippen molar-refractivity contribution in [1.29, 1.82) is 0 Å². The van der Waals surface area contributed by atoms with Gasteiger partial charge in [-0.3, -0.25) is 4.79 Å². The molecule has 19 heavy (non-hydrogen) atoms. The molecule has 0 spiro atoms. The van der Waals surface area contributed by atoms with E-state index in [0.717, 1.165) is 18.9 Å². The molecule has 5 nitrogen and oxygen atoms in total. The van der Waals surface area contributed by atoms with Gasteiger partial charge in [-0.1, -0.05) is 0 Å². The van der Waals surface area contributed by atoms with Crippen LogP contribution >= 0.6 is 0 Å². The number of hydrogen-bond acceptors (Lipinski definition) is 3. The summed E-state index contributed by atoms with van der Waals surface area (Å²) in [6.07, 6.45) is 1.64. The summed E-state index contributed by atoms with van der Waals surface area (Å²) in [5, 5.41) is 11.4. The van der Waals surface area contributed by atoms with Gasteiger partial charge in [-0.2, -0.15) is 0 Å². The lowest BCUT2D eigenvalue weighted by atomic mass is 10.1. The predicted octanol–water partition coefficient (Wildman–Crippen LogP) is 1.43. The summed E-state index contributed by atoms with van der Waals surface area (Å²) in [6, 6.07) is 3.10. The quantitative estimate of drug-likeness (QED) is 0.868. The van der Waals surface area contributed by atoms with Crippen molar-refractivity contribution in [3.63, 3.8) is 0 Å². The first-order chi connectivity index (χ1) is 9.08. The van der Waals surface area contributed by atoms with Crippen LogP contribution in [0.25, 0.3) is 0 Å². The number of aromatic carboxylic acids is 1. The van der Waals surface area contributed by atoms with Crippen molar-refractivity contribution >= 4 is 11.9 Å². The highest BCUT2D eigenvalue weighted by Crippen LogP contribution is 2.12. The Labute approximate surface area is 109 Å². The van der Waals surface area contributed by atoms with E-state index < -0.39 is 17.7 Å². The van der Waals surface area contributed by atoms with E-state index >= 15 is 0 Å². The molecule has 1 aromatic rings. The van der Waals surface area contributed by atoms with E-state index in [2.05, 4.69) is 5.32 Å². The molecule has 1 aliphatic heterocycles. The van der Waals surface area contributed by atoms with Gasteiger partial charge in [-0.05, 0) is 31.0 Å². The Morgan fingerprint density at radius 2 is 2.21 bits per heavy atom. The van der Waals surface area contributed by atoms with Gasteiger partial charge >= 0.3 is 5.97 Å². The van der Waals surface area contributed by atoms with E-state index in [4.69, 9.17) is 9.84 Å². The zero-order valence-corrected chi connectivity index (χ0v) is 10.2. The Morgan fingerprint density at radius 3 is 2.79 bits per heavy atom. The Kier molecular flexibility index (Phi) is 4.11. The number of carbonyl (C=O) groups is 2. The predicted molar refractivity (Wildman–Crippen MR) is 64.7 cm³/mol. The molecule has 0 radical (unpaired) electrons. The van der Waals surface area contributed by atoms with E-state index in [1.54, 1.807) is 0 Å². The Hall–Kier alpha value is -1.95. The summed E-state index contributed by atoms with van der Waals surface area (Å²) in [7, 11) is 0. The van der Waals surface area contributed by atoms with Crippen LogP contribution in [0.4, 0.5) is 4.39 Å². The smallest absolute Gasteiger partial charge is 0.335 e. The maximum atomic E-state index is 13.7. The van der Waals surface area contributed by atoms with Crippen LogP contribution in [0.1, 0.15) is 33.6 Å². The first-order valence-corrected chi connectivity index (χ1v) is 5.99. The second-order valence-electron chi connectivity index (χ2n) is 4.39. The summed E-state index contributed by atoms with van der Waals surface area (Å²) in [5.41, 5.74) is -0.342. The topological polar surface area (TPSA) is 75.6 Å². The molecule has 2 rings (SSSR count). The summed E-state index contributed by atoms with van der Waals surface area (Å²) in [5.74, 6) is -2.62. The number of ether oxygens (including phenoxy) is 1. The van der Waals surface area contributed by atoms with Crippen molar-refractivity contribution in [2.75, 3.05) is 13.2 Å². The normalized spacial score (nSPS) is 18.9. The number of rotatable bonds is 3. The maximum Gasteiger partial charge on any atom is 0.335 e. The summed E-state index contributed by atoms with van der Waals surface area (Å²) >= 11 is 0. The van der Waals surface area contributed by atoms with Gasteiger partial charge < -0.3 is 15.2 Å². The highest BCUT2D eigenvalue weighted by molar-refractivity contribution is 5.96. The van der Waals surface area contributed by atoms with E-state index in [0.29, 0.717) is 13.2 Å². The van der Waals surface area contributed by atoms with Crippen LogP contribution in [-0.2, 0) is 4.74 Å². The van der Waals surface area contributed by atoms with E-state index in [1.165, 1.54) is 12.1 Å². The summed E-state index contributed by atoms with van der Waals surface area (Å²) in [4.78, 5) is 22.5. The number of carboxylic acid groups (broad SMARTS) is 1. The lowest BCUT2D eigenvalue weighted by Gasteiger charge is -2.23. The lowest BCUT2D eigenvalue weighted by molar-refractivity contribution is 0.0621. The monoisotopic (exact) mass is 267 g/mol. The average molecular weight is 267 g/mol. The number of nitrogens with one attached hydrogen (secondary N) is 1. The standard InChI is InChI=1S/C13H14FNO4/c14-11-6-8(13(17)18)3-4-10(11)12(16)15-9-2-1-5-19-7-9/h3-4,6,9H,1-2,5,7H2,(H,15,16)(H,17,18). The molecule has 2 N–H and O–H groups in total. The SMILES string of the molecule is O=C(O)c1ccc(C(=O)NC2CCCOC2)c(F)c1. The van der Waals surface area contributed by atoms with Gasteiger partial charge in [0.1, 0.15) is 5.82 Å². The molecule has 1 aromatic carbocycles. The number of benzene rings is 1. The average Bonchev–Trinajstić information content (AvgIpc) is 2.39. The second-order valence-corrected chi connectivity index (χ2v) is 4.39. The molecule has 102 valence electrons. The fourth-order valence-electron chi connectivity index (χ4n) is 1.95. The Bertz CT molecular complexity index is 497. The lowest BCUT2D eigenvalue weighted by Crippen LogP contribution is -2.40. The fraction of sp³-hybridized carbons (Fsp3) is 0.385. The number of amides is 1. The van der Waals surface area contributed by atoms with Crippen molar-refractivity contribution < 1.29 is 23.8 Å². The number of halogens is 1. The van der Waals surface area contributed by atoms with E-state index in [1.807, 2.05) is 0 Å². The Balaban J connectivity index is 2.08. The molecule has 1 aliphatic rings. The first kappa shape index (κ1) is 13.5. The minimum absolute atomic E-state index is 0.125. The minimum Gasteiger partial charge on any atom is -0.478 e. The van der Waals surface area contributed by atoms with Gasteiger partial charge in [0.25, 0.3) is 5.91 Å². The van der Waals surface area contributed by atoms with Crippen LogP contribution in [0.15, 0.2) is 18.2 Å². The second kappa shape index (κ2) is 5.79. The molecule has 1 fully saturated rings. The molecule has 1 unspecified atom stereocenters. The van der Waals surface area contributed by atoms with Crippen LogP contribution in [0.3, 0.4) is 0 Å². The third kappa shape index (κ3) is 3.29. The molecule has 1 saturated heterocycles. The molecule has 1 atom stereocenters. The van der Waals surface area contributed by atoms with Gasteiger partial charge in [0.05, 0.1) is 23.8 Å². The Morgan fingerprint density at radius 1 is 1.42 bits per heavy atom. The van der Waals surface area contributed by atoms with Gasteiger partial charge in [0, 0.05) is 6.61 Å². The largest absolute Gasteiger partial charge is 0.478 e. The summed E-state index contributed by atoms with van der Waals surface area (Å²) in [6.45, 7) is 1.09. The van der Waals surface area contributed by atoms with Gasteiger partial charge in [-0.25, -0.2) is 9.18 Å². The molecule has 0 bridgehead atoms. The van der Waals surface area contributed by atoms with Crippen molar-refractivity contribution in [3.8, 4) is 0 Å². The number of hydrogen-bond donors (Lipinski definition) is 2. The van der Waals surface area contributed by atoms with Crippen LogP contribution in [0, 0.1) is 5.82 Å². The fourth-order valence-corrected chi connectivity index (χ4v) is 1.95. The first-order valence-electron chi connectivity index (χ1n) is 5.99. The molecular formula is C13H14FNO4. The molecule has 6 heteroatoms. The van der Waals surface area contributed by atoms with Crippen molar-refractivity contribution in [2.24, 2.45) is 0 Å². The van der Waals surface area contributed by atoms with Gasteiger partial charge in [0.2, 0.25) is 0 Å². The van der Waals surface area contributed by atoms with Gasteiger partial charge in [-0.15, -0.1) is 0 Å². The van der Waals surface area contributed by atoms with E-state index in [-0.39, 0.29) is 17.2 Å². The number of carboxylic acids is 1. The molecular weight excluding hydrogens is 253 g/mol. The minimum atomic E-state index is -1.23. The molecule has 1 heterocycles. The zero-order valence-electron chi connectivity index (χ0n) is 10.2.